The second-order valence-corrected chi connectivity index (χ2v) is 8.77. The Morgan fingerprint density at radius 2 is 1.58 bits per heavy atom. The first-order valence-electron chi connectivity index (χ1n) is 11.4. The highest BCUT2D eigenvalue weighted by atomic mass is 16.5. The molecule has 1 aliphatic heterocycles. The van der Waals surface area contributed by atoms with Crippen molar-refractivity contribution in [3.8, 4) is 11.5 Å². The Morgan fingerprint density at radius 3 is 2.32 bits per heavy atom. The summed E-state index contributed by atoms with van der Waals surface area (Å²) < 4.78 is 11.3. The van der Waals surface area contributed by atoms with Crippen molar-refractivity contribution in [1.29, 1.82) is 0 Å². The molecule has 2 aliphatic rings. The highest BCUT2D eigenvalue weighted by Crippen LogP contribution is 2.47. The number of hydrogen-bond acceptors (Lipinski definition) is 3. The first-order valence-corrected chi connectivity index (χ1v) is 11.4. The number of methoxy groups -OCH3 is 2. The highest BCUT2D eigenvalue weighted by molar-refractivity contribution is 5.54. The zero-order valence-corrected chi connectivity index (χ0v) is 18.7. The Kier molecular flexibility index (Phi) is 5.45. The molecule has 160 valence electrons. The molecule has 0 spiro atoms. The van der Waals surface area contributed by atoms with Gasteiger partial charge < -0.3 is 9.47 Å². The van der Waals surface area contributed by atoms with Crippen LogP contribution in [0, 0.1) is 0 Å². The quantitative estimate of drug-likeness (QED) is 0.533. The van der Waals surface area contributed by atoms with Gasteiger partial charge in [-0.25, -0.2) is 0 Å². The Balaban J connectivity index is 1.63. The van der Waals surface area contributed by atoms with Crippen LogP contribution in [0.25, 0.3) is 0 Å². The molecular formula is C28H31NO2. The largest absolute Gasteiger partial charge is 0.493 e. The standard InChI is InChI=1S/C28H31NO2/c1-4-19-10-11-22-18-29(17-20-8-6-5-7-9-20)25-13-12-21-15-26(30-2)27(31-3)16-24(21)28(25)23(22)14-19/h5-11,14-16,25,28H,4,12-13,17-18H2,1-3H3. The number of aryl methyl sites for hydroxylation is 2. The monoisotopic (exact) mass is 413 g/mol. The second-order valence-electron chi connectivity index (χ2n) is 8.77. The van der Waals surface area contributed by atoms with Gasteiger partial charge in [-0.2, -0.15) is 0 Å². The van der Waals surface area contributed by atoms with Crippen molar-refractivity contribution >= 4 is 0 Å². The van der Waals surface area contributed by atoms with E-state index >= 15 is 0 Å². The van der Waals surface area contributed by atoms with E-state index in [9.17, 15) is 0 Å². The minimum absolute atomic E-state index is 0.363. The Hall–Kier alpha value is -2.78. The van der Waals surface area contributed by atoms with Gasteiger partial charge in [0, 0.05) is 25.0 Å². The molecule has 0 fully saturated rings. The normalized spacial score (nSPS) is 19.8. The van der Waals surface area contributed by atoms with Crippen molar-refractivity contribution in [2.75, 3.05) is 14.2 Å². The van der Waals surface area contributed by atoms with E-state index in [1.54, 1.807) is 14.2 Å². The molecule has 31 heavy (non-hydrogen) atoms. The molecule has 2 atom stereocenters. The zero-order valence-electron chi connectivity index (χ0n) is 18.7. The number of benzene rings is 3. The topological polar surface area (TPSA) is 21.7 Å². The van der Waals surface area contributed by atoms with E-state index in [0.29, 0.717) is 12.0 Å². The van der Waals surface area contributed by atoms with Gasteiger partial charge in [0.05, 0.1) is 14.2 Å². The van der Waals surface area contributed by atoms with Crippen LogP contribution >= 0.6 is 0 Å². The van der Waals surface area contributed by atoms with Crippen LogP contribution < -0.4 is 9.47 Å². The molecule has 0 saturated heterocycles. The minimum Gasteiger partial charge on any atom is -0.493 e. The third-order valence-corrected chi connectivity index (χ3v) is 7.10. The molecule has 0 N–H and O–H groups in total. The minimum atomic E-state index is 0.363. The van der Waals surface area contributed by atoms with Crippen molar-refractivity contribution in [2.45, 2.75) is 51.2 Å². The van der Waals surface area contributed by atoms with Crippen LogP contribution in [-0.4, -0.2) is 25.2 Å². The van der Waals surface area contributed by atoms with Gasteiger partial charge >= 0.3 is 0 Å². The lowest BCUT2D eigenvalue weighted by atomic mass is 9.71. The number of nitrogens with zero attached hydrogens (tertiary/aromatic N) is 1. The van der Waals surface area contributed by atoms with E-state index in [0.717, 1.165) is 43.9 Å². The molecule has 0 aromatic heterocycles. The molecule has 1 aliphatic carbocycles. The van der Waals surface area contributed by atoms with Gasteiger partial charge in [-0.3, -0.25) is 4.90 Å². The molecule has 0 radical (unpaired) electrons. The van der Waals surface area contributed by atoms with E-state index in [4.69, 9.17) is 9.47 Å². The molecular weight excluding hydrogens is 382 g/mol. The maximum atomic E-state index is 5.70. The number of hydrogen-bond donors (Lipinski definition) is 0. The van der Waals surface area contributed by atoms with Crippen LogP contribution in [0.1, 0.15) is 52.6 Å². The summed E-state index contributed by atoms with van der Waals surface area (Å²) in [5.74, 6) is 2.02. The summed E-state index contributed by atoms with van der Waals surface area (Å²) in [6.07, 6.45) is 3.30. The molecule has 0 amide bonds. The summed E-state index contributed by atoms with van der Waals surface area (Å²) in [6, 6.07) is 22.9. The summed E-state index contributed by atoms with van der Waals surface area (Å²) in [6.45, 7) is 4.24. The molecule has 3 nitrogen and oxygen atoms in total. The summed E-state index contributed by atoms with van der Waals surface area (Å²) in [7, 11) is 3.46. The molecule has 0 saturated carbocycles. The molecule has 2 unspecified atom stereocenters. The SMILES string of the molecule is CCc1ccc2c(c1)C1c3cc(OC)c(OC)cc3CCC1N(Cc1ccccc1)C2. The lowest BCUT2D eigenvalue weighted by Gasteiger charge is -2.46. The van der Waals surface area contributed by atoms with Crippen LogP contribution in [0.2, 0.25) is 0 Å². The Bertz CT molecular complexity index is 1080. The lowest BCUT2D eigenvalue weighted by molar-refractivity contribution is 0.132. The maximum Gasteiger partial charge on any atom is 0.161 e. The predicted octanol–water partition coefficient (Wildman–Crippen LogP) is 5.73. The first kappa shape index (κ1) is 20.1. The van der Waals surface area contributed by atoms with Gasteiger partial charge in [0.15, 0.2) is 11.5 Å². The fourth-order valence-corrected chi connectivity index (χ4v) is 5.51. The number of ether oxygens (including phenoxy) is 2. The fourth-order valence-electron chi connectivity index (χ4n) is 5.51. The lowest BCUT2D eigenvalue weighted by Crippen LogP contribution is -2.45. The number of rotatable bonds is 5. The maximum absolute atomic E-state index is 5.70. The first-order chi connectivity index (χ1) is 15.2. The van der Waals surface area contributed by atoms with Crippen LogP contribution in [0.15, 0.2) is 60.7 Å². The van der Waals surface area contributed by atoms with E-state index in [-0.39, 0.29) is 0 Å². The van der Waals surface area contributed by atoms with Gasteiger partial charge in [0.1, 0.15) is 0 Å². The molecule has 0 bridgehead atoms. The van der Waals surface area contributed by atoms with E-state index in [1.807, 2.05) is 0 Å². The van der Waals surface area contributed by atoms with Crippen molar-refractivity contribution in [3.05, 3.63) is 94.0 Å². The van der Waals surface area contributed by atoms with Crippen LogP contribution in [0.5, 0.6) is 11.5 Å². The van der Waals surface area contributed by atoms with Crippen LogP contribution in [0.3, 0.4) is 0 Å². The summed E-state index contributed by atoms with van der Waals surface area (Å²) in [5, 5.41) is 0. The average Bonchev–Trinajstić information content (AvgIpc) is 2.83. The highest BCUT2D eigenvalue weighted by Gasteiger charge is 2.40. The Morgan fingerprint density at radius 1 is 0.839 bits per heavy atom. The summed E-state index contributed by atoms with van der Waals surface area (Å²) >= 11 is 0. The third kappa shape index (κ3) is 3.61. The zero-order chi connectivity index (χ0) is 21.4. The van der Waals surface area contributed by atoms with Gasteiger partial charge in [-0.05, 0) is 64.8 Å². The van der Waals surface area contributed by atoms with Gasteiger partial charge in [-0.15, -0.1) is 0 Å². The fraction of sp³-hybridized carbons (Fsp3) is 0.357. The molecule has 3 aromatic rings. The number of fused-ring (bicyclic) bond motifs is 5. The second kappa shape index (κ2) is 8.39. The van der Waals surface area contributed by atoms with Crippen molar-refractivity contribution < 1.29 is 9.47 Å². The molecule has 5 rings (SSSR count). The summed E-state index contributed by atoms with van der Waals surface area (Å²) in [5.41, 5.74) is 8.56. The van der Waals surface area contributed by atoms with E-state index in [1.165, 1.54) is 33.4 Å². The van der Waals surface area contributed by atoms with E-state index < -0.39 is 0 Å². The van der Waals surface area contributed by atoms with E-state index in [2.05, 4.69) is 72.5 Å². The molecule has 3 aromatic carbocycles. The average molecular weight is 414 g/mol. The molecule has 3 heteroatoms. The van der Waals surface area contributed by atoms with Crippen molar-refractivity contribution in [2.24, 2.45) is 0 Å². The van der Waals surface area contributed by atoms with Crippen molar-refractivity contribution in [3.63, 3.8) is 0 Å². The Labute approximate surface area is 185 Å². The smallest absolute Gasteiger partial charge is 0.161 e. The van der Waals surface area contributed by atoms with Crippen molar-refractivity contribution in [1.82, 2.24) is 4.90 Å². The van der Waals surface area contributed by atoms with Crippen LogP contribution in [-0.2, 0) is 25.9 Å². The molecule has 1 heterocycles. The van der Waals surface area contributed by atoms with Gasteiger partial charge in [0.2, 0.25) is 0 Å². The van der Waals surface area contributed by atoms with Gasteiger partial charge in [0.25, 0.3) is 0 Å². The predicted molar refractivity (Wildman–Crippen MR) is 125 cm³/mol. The van der Waals surface area contributed by atoms with Crippen LogP contribution in [0.4, 0.5) is 0 Å². The van der Waals surface area contributed by atoms with Gasteiger partial charge in [-0.1, -0.05) is 55.5 Å². The summed E-state index contributed by atoms with van der Waals surface area (Å²) in [4.78, 5) is 2.69. The third-order valence-electron chi connectivity index (χ3n) is 7.10.